The van der Waals surface area contributed by atoms with Gasteiger partial charge in [0.1, 0.15) is 5.75 Å². The molecular weight excluding hydrogens is 214 g/mol. The molecule has 0 atom stereocenters. The maximum absolute atomic E-state index is 5.87. The summed E-state index contributed by atoms with van der Waals surface area (Å²) in [6.07, 6.45) is 0.696. The van der Waals surface area contributed by atoms with E-state index in [0.29, 0.717) is 18.0 Å². The van der Waals surface area contributed by atoms with Crippen molar-refractivity contribution in [2.24, 2.45) is 16.5 Å². The zero-order chi connectivity index (χ0) is 11.3. The van der Waals surface area contributed by atoms with E-state index in [1.807, 2.05) is 12.1 Å². The van der Waals surface area contributed by atoms with Crippen LogP contribution in [-0.4, -0.2) is 19.6 Å². The van der Waals surface area contributed by atoms with E-state index in [0.717, 1.165) is 11.3 Å². The summed E-state index contributed by atoms with van der Waals surface area (Å²) in [5.74, 6) is 0.890. The quantitative estimate of drug-likeness (QED) is 0.599. The Labute approximate surface area is 93.9 Å². The maximum atomic E-state index is 5.87. The van der Waals surface area contributed by atoms with Crippen LogP contribution in [0.2, 0.25) is 5.02 Å². The second kappa shape index (κ2) is 5.46. The summed E-state index contributed by atoms with van der Waals surface area (Å²) in [5.41, 5.74) is 11.5. The standard InChI is InChI=1S/C10H14ClN3O/c1-15-9-3-2-8(11)6-7(9)4-5-14-10(12)13/h2-3,6H,4-5H2,1H3,(H4,12,13,14). The van der Waals surface area contributed by atoms with Gasteiger partial charge >= 0.3 is 0 Å². The molecule has 0 amide bonds. The zero-order valence-electron chi connectivity index (χ0n) is 8.53. The molecule has 0 saturated carbocycles. The largest absolute Gasteiger partial charge is 0.496 e. The molecule has 0 fully saturated rings. The summed E-state index contributed by atoms with van der Waals surface area (Å²) in [7, 11) is 1.62. The fourth-order valence-corrected chi connectivity index (χ4v) is 1.44. The van der Waals surface area contributed by atoms with Crippen molar-refractivity contribution in [3.8, 4) is 5.75 Å². The van der Waals surface area contributed by atoms with Gasteiger partial charge in [-0.15, -0.1) is 0 Å². The molecule has 0 aliphatic heterocycles. The van der Waals surface area contributed by atoms with Crippen molar-refractivity contribution in [2.75, 3.05) is 13.7 Å². The first-order valence-corrected chi connectivity index (χ1v) is 4.89. The van der Waals surface area contributed by atoms with Gasteiger partial charge in [0, 0.05) is 11.6 Å². The molecule has 0 spiro atoms. The average molecular weight is 228 g/mol. The topological polar surface area (TPSA) is 73.6 Å². The number of aliphatic imine (C=N–C) groups is 1. The molecule has 0 radical (unpaired) electrons. The Morgan fingerprint density at radius 1 is 1.47 bits per heavy atom. The van der Waals surface area contributed by atoms with Gasteiger partial charge in [0.05, 0.1) is 7.11 Å². The number of rotatable bonds is 4. The lowest BCUT2D eigenvalue weighted by atomic mass is 10.1. The average Bonchev–Trinajstić information content (AvgIpc) is 2.17. The van der Waals surface area contributed by atoms with Gasteiger partial charge in [-0.2, -0.15) is 0 Å². The van der Waals surface area contributed by atoms with E-state index in [-0.39, 0.29) is 5.96 Å². The molecule has 0 aliphatic carbocycles. The lowest BCUT2D eigenvalue weighted by molar-refractivity contribution is 0.410. The van der Waals surface area contributed by atoms with Crippen molar-refractivity contribution in [3.63, 3.8) is 0 Å². The first-order valence-electron chi connectivity index (χ1n) is 4.51. The van der Waals surface area contributed by atoms with E-state index in [4.69, 9.17) is 27.8 Å². The first-order chi connectivity index (χ1) is 7.13. The van der Waals surface area contributed by atoms with Gasteiger partial charge in [-0.25, -0.2) is 0 Å². The van der Waals surface area contributed by atoms with Crippen LogP contribution >= 0.6 is 11.6 Å². The second-order valence-corrected chi connectivity index (χ2v) is 3.45. The Morgan fingerprint density at radius 3 is 2.80 bits per heavy atom. The Hall–Kier alpha value is -1.42. The van der Waals surface area contributed by atoms with Crippen LogP contribution in [-0.2, 0) is 6.42 Å². The number of guanidine groups is 1. The predicted octanol–water partition coefficient (Wildman–Crippen LogP) is 1.16. The molecule has 82 valence electrons. The van der Waals surface area contributed by atoms with Crippen LogP contribution < -0.4 is 16.2 Å². The fraction of sp³-hybridized carbons (Fsp3) is 0.300. The van der Waals surface area contributed by atoms with Crippen LogP contribution in [0.25, 0.3) is 0 Å². The van der Waals surface area contributed by atoms with Crippen LogP contribution in [0.15, 0.2) is 23.2 Å². The number of nitrogens with zero attached hydrogens (tertiary/aromatic N) is 1. The first kappa shape index (κ1) is 11.7. The molecule has 0 aromatic heterocycles. The molecule has 0 aliphatic rings. The molecule has 4 nitrogen and oxygen atoms in total. The second-order valence-electron chi connectivity index (χ2n) is 3.01. The van der Waals surface area contributed by atoms with E-state index in [9.17, 15) is 0 Å². The van der Waals surface area contributed by atoms with Crippen molar-refractivity contribution in [3.05, 3.63) is 28.8 Å². The van der Waals surface area contributed by atoms with Gasteiger partial charge < -0.3 is 16.2 Å². The van der Waals surface area contributed by atoms with Crippen LogP contribution in [0.3, 0.4) is 0 Å². The number of nitrogens with two attached hydrogens (primary N) is 2. The third-order valence-corrected chi connectivity index (χ3v) is 2.15. The third kappa shape index (κ3) is 3.67. The maximum Gasteiger partial charge on any atom is 0.185 e. The Balaban J connectivity index is 2.74. The minimum Gasteiger partial charge on any atom is -0.496 e. The van der Waals surface area contributed by atoms with E-state index < -0.39 is 0 Å². The van der Waals surface area contributed by atoms with Gasteiger partial charge in [0.2, 0.25) is 0 Å². The molecule has 0 bridgehead atoms. The summed E-state index contributed by atoms with van der Waals surface area (Å²) in [5, 5.41) is 0.676. The van der Waals surface area contributed by atoms with Crippen molar-refractivity contribution >= 4 is 17.6 Å². The minimum absolute atomic E-state index is 0.0935. The van der Waals surface area contributed by atoms with Crippen LogP contribution in [0.5, 0.6) is 5.75 Å². The van der Waals surface area contributed by atoms with E-state index >= 15 is 0 Å². The third-order valence-electron chi connectivity index (χ3n) is 1.92. The van der Waals surface area contributed by atoms with E-state index in [1.54, 1.807) is 13.2 Å². The van der Waals surface area contributed by atoms with Crippen molar-refractivity contribution in [2.45, 2.75) is 6.42 Å². The highest BCUT2D eigenvalue weighted by molar-refractivity contribution is 6.30. The number of halogens is 1. The molecule has 1 aromatic carbocycles. The number of methoxy groups -OCH3 is 1. The predicted molar refractivity (Wildman–Crippen MR) is 62.4 cm³/mol. The van der Waals surface area contributed by atoms with Crippen molar-refractivity contribution in [1.82, 2.24) is 0 Å². The summed E-state index contributed by atoms with van der Waals surface area (Å²) in [6.45, 7) is 0.527. The summed E-state index contributed by atoms with van der Waals surface area (Å²) in [4.78, 5) is 3.90. The molecular formula is C10H14ClN3O. The molecule has 1 rings (SSSR count). The Bertz CT molecular complexity index is 362. The molecule has 0 heterocycles. The van der Waals surface area contributed by atoms with Crippen molar-refractivity contribution in [1.29, 1.82) is 0 Å². The normalized spacial score (nSPS) is 9.73. The minimum atomic E-state index is 0.0935. The molecule has 4 N–H and O–H groups in total. The van der Waals surface area contributed by atoms with Crippen molar-refractivity contribution < 1.29 is 4.74 Å². The van der Waals surface area contributed by atoms with Crippen LogP contribution in [0, 0.1) is 0 Å². The fourth-order valence-electron chi connectivity index (χ4n) is 1.25. The molecule has 15 heavy (non-hydrogen) atoms. The molecule has 0 unspecified atom stereocenters. The SMILES string of the molecule is COc1ccc(Cl)cc1CCN=C(N)N. The lowest BCUT2D eigenvalue weighted by Crippen LogP contribution is -2.23. The number of hydrogen-bond acceptors (Lipinski definition) is 2. The zero-order valence-corrected chi connectivity index (χ0v) is 9.29. The van der Waals surface area contributed by atoms with Gasteiger partial charge in [-0.3, -0.25) is 4.99 Å². The highest BCUT2D eigenvalue weighted by atomic mass is 35.5. The molecule has 5 heteroatoms. The van der Waals surface area contributed by atoms with Crippen LogP contribution in [0.4, 0.5) is 0 Å². The lowest BCUT2D eigenvalue weighted by Gasteiger charge is -2.07. The monoisotopic (exact) mass is 227 g/mol. The van der Waals surface area contributed by atoms with E-state index in [1.165, 1.54) is 0 Å². The highest BCUT2D eigenvalue weighted by Gasteiger charge is 2.02. The molecule has 0 saturated heterocycles. The number of benzene rings is 1. The summed E-state index contributed by atoms with van der Waals surface area (Å²) < 4.78 is 5.19. The van der Waals surface area contributed by atoms with E-state index in [2.05, 4.69) is 4.99 Å². The number of hydrogen-bond donors (Lipinski definition) is 2. The number of ether oxygens (including phenoxy) is 1. The molecule has 1 aromatic rings. The Morgan fingerprint density at radius 2 is 2.20 bits per heavy atom. The van der Waals surface area contributed by atoms with Crippen LogP contribution in [0.1, 0.15) is 5.56 Å². The van der Waals surface area contributed by atoms with Gasteiger partial charge in [-0.05, 0) is 30.2 Å². The summed E-state index contributed by atoms with van der Waals surface area (Å²) >= 11 is 5.87. The van der Waals surface area contributed by atoms with Gasteiger partial charge in [-0.1, -0.05) is 11.6 Å². The smallest absolute Gasteiger partial charge is 0.185 e. The summed E-state index contributed by atoms with van der Waals surface area (Å²) in [6, 6.07) is 5.46. The highest BCUT2D eigenvalue weighted by Crippen LogP contribution is 2.22. The van der Waals surface area contributed by atoms with Gasteiger partial charge in [0.25, 0.3) is 0 Å². The Kier molecular flexibility index (Phi) is 4.24. The van der Waals surface area contributed by atoms with Gasteiger partial charge in [0.15, 0.2) is 5.96 Å².